The number of benzene rings is 2. The van der Waals surface area contributed by atoms with Gasteiger partial charge in [-0.3, -0.25) is 4.57 Å². The maximum Gasteiger partial charge on any atom is 0.144 e. The van der Waals surface area contributed by atoms with Gasteiger partial charge in [-0.05, 0) is 36.8 Å². The van der Waals surface area contributed by atoms with Gasteiger partial charge >= 0.3 is 0 Å². The summed E-state index contributed by atoms with van der Waals surface area (Å²) in [6.45, 7) is 1.79. The molecule has 3 rings (SSSR count). The first-order valence-corrected chi connectivity index (χ1v) is 7.11. The molecule has 2 aromatic carbocycles. The van der Waals surface area contributed by atoms with Crippen LogP contribution in [0.4, 0.5) is 8.78 Å². The van der Waals surface area contributed by atoms with E-state index in [9.17, 15) is 8.78 Å². The van der Waals surface area contributed by atoms with E-state index in [-0.39, 0.29) is 16.7 Å². The van der Waals surface area contributed by atoms with Crippen LogP contribution in [0, 0.1) is 18.6 Å². The summed E-state index contributed by atoms with van der Waals surface area (Å²) in [5, 5.41) is 0.00420. The molecule has 0 saturated carbocycles. The highest BCUT2D eigenvalue weighted by atomic mass is 35.5. The summed E-state index contributed by atoms with van der Waals surface area (Å²) in [5.41, 5.74) is 2.54. The highest BCUT2D eigenvalue weighted by Crippen LogP contribution is 2.28. The van der Waals surface area contributed by atoms with E-state index < -0.39 is 5.82 Å². The molecule has 1 heterocycles. The highest BCUT2D eigenvalue weighted by molar-refractivity contribution is 6.31. The zero-order valence-electron chi connectivity index (χ0n) is 11.0. The quantitative estimate of drug-likeness (QED) is 0.605. The van der Waals surface area contributed by atoms with Crippen molar-refractivity contribution in [3.63, 3.8) is 0 Å². The molecule has 0 spiro atoms. The number of nitrogens with zero attached hydrogens (tertiary/aromatic N) is 2. The molecule has 0 bridgehead atoms. The smallest absolute Gasteiger partial charge is 0.144 e. The van der Waals surface area contributed by atoms with Gasteiger partial charge in [0.05, 0.1) is 27.6 Å². The SMILES string of the molecule is Cc1cc(F)ccc1-n1c(CCl)nc2cc(F)c(Cl)cc21. The summed E-state index contributed by atoms with van der Waals surface area (Å²) in [7, 11) is 0. The summed E-state index contributed by atoms with van der Waals surface area (Å²) < 4.78 is 28.6. The number of imidazole rings is 1. The zero-order chi connectivity index (χ0) is 15.1. The number of alkyl halides is 1. The van der Waals surface area contributed by atoms with Crippen molar-refractivity contribution in [1.29, 1.82) is 0 Å². The summed E-state index contributed by atoms with van der Waals surface area (Å²) in [6.07, 6.45) is 0. The van der Waals surface area contributed by atoms with E-state index >= 15 is 0 Å². The standard InChI is InChI=1S/C15H10Cl2F2N2/c1-8-4-9(18)2-3-13(8)21-14-5-10(17)11(19)6-12(14)20-15(21)7-16/h2-6H,7H2,1H3. The van der Waals surface area contributed by atoms with Crippen molar-refractivity contribution >= 4 is 34.2 Å². The predicted octanol–water partition coefficient (Wildman–Crippen LogP) is 5.00. The molecule has 0 aliphatic rings. The molecule has 0 aliphatic carbocycles. The van der Waals surface area contributed by atoms with Crippen molar-refractivity contribution in [3.8, 4) is 5.69 Å². The molecule has 0 unspecified atom stereocenters. The molecule has 0 amide bonds. The molecule has 0 fully saturated rings. The molecule has 0 aliphatic heterocycles. The van der Waals surface area contributed by atoms with Crippen molar-refractivity contribution in [1.82, 2.24) is 9.55 Å². The third-order valence-electron chi connectivity index (χ3n) is 3.29. The van der Waals surface area contributed by atoms with Crippen molar-refractivity contribution in [2.45, 2.75) is 12.8 Å². The van der Waals surface area contributed by atoms with Crippen molar-refractivity contribution in [2.24, 2.45) is 0 Å². The van der Waals surface area contributed by atoms with Gasteiger partial charge in [-0.2, -0.15) is 0 Å². The number of halogens is 4. The summed E-state index contributed by atoms with van der Waals surface area (Å²) >= 11 is 11.8. The Bertz CT molecular complexity index is 843. The normalized spacial score (nSPS) is 11.3. The van der Waals surface area contributed by atoms with Gasteiger partial charge in [0.1, 0.15) is 17.5 Å². The second-order valence-electron chi connectivity index (χ2n) is 4.68. The van der Waals surface area contributed by atoms with Crippen molar-refractivity contribution in [3.05, 3.63) is 58.4 Å². The van der Waals surface area contributed by atoms with E-state index in [0.717, 1.165) is 11.3 Å². The van der Waals surface area contributed by atoms with E-state index in [4.69, 9.17) is 23.2 Å². The lowest BCUT2D eigenvalue weighted by atomic mass is 10.2. The third kappa shape index (κ3) is 2.39. The Labute approximate surface area is 129 Å². The van der Waals surface area contributed by atoms with Gasteiger partial charge in [0.2, 0.25) is 0 Å². The van der Waals surface area contributed by atoms with E-state index in [0.29, 0.717) is 16.9 Å². The third-order valence-corrected chi connectivity index (χ3v) is 3.81. The number of hydrogen-bond acceptors (Lipinski definition) is 1. The average molecular weight is 327 g/mol. The number of aromatic nitrogens is 2. The fourth-order valence-corrected chi connectivity index (χ4v) is 2.69. The number of hydrogen-bond donors (Lipinski definition) is 0. The lowest BCUT2D eigenvalue weighted by Gasteiger charge is -2.11. The molecule has 0 N–H and O–H groups in total. The van der Waals surface area contributed by atoms with Crippen LogP contribution in [0.3, 0.4) is 0 Å². The molecule has 0 radical (unpaired) electrons. The second-order valence-corrected chi connectivity index (χ2v) is 5.36. The Morgan fingerprint density at radius 1 is 1.19 bits per heavy atom. The topological polar surface area (TPSA) is 17.8 Å². The maximum atomic E-state index is 13.6. The maximum absolute atomic E-state index is 13.6. The van der Waals surface area contributed by atoms with Crippen LogP contribution >= 0.6 is 23.2 Å². The van der Waals surface area contributed by atoms with E-state index in [1.54, 1.807) is 17.6 Å². The minimum atomic E-state index is -0.536. The summed E-state index contributed by atoms with van der Waals surface area (Å²) in [4.78, 5) is 4.31. The minimum absolute atomic E-state index is 0.00420. The Kier molecular flexibility index (Phi) is 3.59. The predicted molar refractivity (Wildman–Crippen MR) is 80.3 cm³/mol. The van der Waals surface area contributed by atoms with Gasteiger partial charge in [-0.25, -0.2) is 13.8 Å². The van der Waals surface area contributed by atoms with Crippen LogP contribution in [0.2, 0.25) is 5.02 Å². The number of rotatable bonds is 2. The van der Waals surface area contributed by atoms with Crippen LogP contribution in [0.5, 0.6) is 0 Å². The molecule has 2 nitrogen and oxygen atoms in total. The molecule has 21 heavy (non-hydrogen) atoms. The first-order valence-electron chi connectivity index (χ1n) is 6.20. The molecule has 3 aromatic rings. The second kappa shape index (κ2) is 5.28. The van der Waals surface area contributed by atoms with Crippen molar-refractivity contribution in [2.75, 3.05) is 0 Å². The Hall–Kier alpha value is -1.65. The van der Waals surface area contributed by atoms with E-state index in [2.05, 4.69) is 4.98 Å². The molecular weight excluding hydrogens is 317 g/mol. The lowest BCUT2D eigenvalue weighted by Crippen LogP contribution is -2.02. The van der Waals surface area contributed by atoms with Gasteiger partial charge in [0.25, 0.3) is 0 Å². The largest absolute Gasteiger partial charge is 0.295 e. The zero-order valence-corrected chi connectivity index (χ0v) is 12.5. The fourth-order valence-electron chi connectivity index (χ4n) is 2.35. The van der Waals surface area contributed by atoms with Crippen LogP contribution in [0.1, 0.15) is 11.4 Å². The van der Waals surface area contributed by atoms with Crippen LogP contribution in [-0.2, 0) is 5.88 Å². The molecule has 0 saturated heterocycles. The Morgan fingerprint density at radius 3 is 2.62 bits per heavy atom. The summed E-state index contributed by atoms with van der Waals surface area (Å²) in [5.74, 6) is -0.170. The Balaban J connectivity index is 2.37. The van der Waals surface area contributed by atoms with Gasteiger partial charge in [0.15, 0.2) is 0 Å². The van der Waals surface area contributed by atoms with Crippen LogP contribution in [0.25, 0.3) is 16.7 Å². The molecule has 1 aromatic heterocycles. The molecule has 108 valence electrons. The monoisotopic (exact) mass is 326 g/mol. The van der Waals surface area contributed by atoms with E-state index in [1.807, 2.05) is 0 Å². The average Bonchev–Trinajstić information content (AvgIpc) is 2.77. The van der Waals surface area contributed by atoms with Gasteiger partial charge < -0.3 is 0 Å². The van der Waals surface area contributed by atoms with Gasteiger partial charge in [0, 0.05) is 6.07 Å². The minimum Gasteiger partial charge on any atom is -0.295 e. The van der Waals surface area contributed by atoms with E-state index in [1.165, 1.54) is 24.3 Å². The van der Waals surface area contributed by atoms with Gasteiger partial charge in [-0.1, -0.05) is 11.6 Å². The first-order chi connectivity index (χ1) is 10.0. The molecule has 6 heteroatoms. The van der Waals surface area contributed by atoms with Crippen LogP contribution < -0.4 is 0 Å². The fraction of sp³-hybridized carbons (Fsp3) is 0.133. The van der Waals surface area contributed by atoms with Crippen LogP contribution in [0.15, 0.2) is 30.3 Å². The van der Waals surface area contributed by atoms with Crippen LogP contribution in [-0.4, -0.2) is 9.55 Å². The Morgan fingerprint density at radius 2 is 1.95 bits per heavy atom. The van der Waals surface area contributed by atoms with Crippen molar-refractivity contribution < 1.29 is 8.78 Å². The molecule has 0 atom stereocenters. The first kappa shape index (κ1) is 14.3. The summed E-state index contributed by atoms with van der Waals surface area (Å²) in [6, 6.07) is 7.18. The number of aryl methyl sites for hydroxylation is 1. The molecular formula is C15H10Cl2F2N2. The lowest BCUT2D eigenvalue weighted by molar-refractivity contribution is 0.626. The highest BCUT2D eigenvalue weighted by Gasteiger charge is 2.16. The number of fused-ring (bicyclic) bond motifs is 1. The van der Waals surface area contributed by atoms with Gasteiger partial charge in [-0.15, -0.1) is 11.6 Å².